The van der Waals surface area contributed by atoms with E-state index in [0.717, 1.165) is 36.9 Å². The molecule has 1 amide bonds. The van der Waals surface area contributed by atoms with Crippen LogP contribution in [0.25, 0.3) is 11.0 Å². The van der Waals surface area contributed by atoms with E-state index in [1.165, 1.54) is 18.9 Å². The molecule has 1 aliphatic rings. The van der Waals surface area contributed by atoms with Crippen molar-refractivity contribution in [1.82, 2.24) is 4.90 Å². The number of hydrogen-bond acceptors (Lipinski definition) is 4. The van der Waals surface area contributed by atoms with Crippen LogP contribution in [0.5, 0.6) is 5.75 Å². The molecule has 6 heteroatoms. The molecular weight excluding hydrogens is 330 g/mol. The fourth-order valence-electron chi connectivity index (χ4n) is 2.98. The summed E-state index contributed by atoms with van der Waals surface area (Å²) < 4.78 is 10.8. The molecule has 1 saturated heterocycles. The summed E-state index contributed by atoms with van der Waals surface area (Å²) in [4.78, 5) is 25.6. The Balaban J connectivity index is 1.76. The molecule has 1 aromatic carbocycles. The van der Waals surface area contributed by atoms with Crippen molar-refractivity contribution < 1.29 is 13.9 Å². The van der Waals surface area contributed by atoms with E-state index in [0.29, 0.717) is 16.4 Å². The van der Waals surface area contributed by atoms with E-state index in [-0.39, 0.29) is 12.5 Å². The number of benzene rings is 1. The van der Waals surface area contributed by atoms with Gasteiger partial charge in [-0.15, -0.1) is 0 Å². The highest BCUT2D eigenvalue weighted by atomic mass is 35.5. The molecule has 0 aliphatic carbocycles. The van der Waals surface area contributed by atoms with Gasteiger partial charge in [0.15, 0.2) is 6.61 Å². The zero-order chi connectivity index (χ0) is 17.1. The van der Waals surface area contributed by atoms with Crippen LogP contribution in [0.3, 0.4) is 0 Å². The summed E-state index contributed by atoms with van der Waals surface area (Å²) in [5.41, 5.74) is 0.769. The second-order valence-electron chi connectivity index (χ2n) is 6.11. The van der Waals surface area contributed by atoms with Crippen molar-refractivity contribution in [2.75, 3.05) is 19.7 Å². The molecule has 1 aliphatic heterocycles. The summed E-state index contributed by atoms with van der Waals surface area (Å²) in [6.45, 7) is 3.31. The number of nitrogens with zero attached hydrogens (tertiary/aromatic N) is 1. The molecule has 0 unspecified atom stereocenters. The second-order valence-corrected chi connectivity index (χ2v) is 6.52. The average molecular weight is 350 g/mol. The number of halogens is 1. The monoisotopic (exact) mass is 349 g/mol. The Bertz CT molecular complexity index is 807. The van der Waals surface area contributed by atoms with E-state index in [9.17, 15) is 9.59 Å². The van der Waals surface area contributed by atoms with Crippen molar-refractivity contribution in [3.8, 4) is 5.75 Å². The molecule has 0 N–H and O–H groups in total. The number of ether oxygens (including phenoxy) is 1. The van der Waals surface area contributed by atoms with E-state index >= 15 is 0 Å². The number of fused-ring (bicyclic) bond motifs is 1. The molecule has 2 heterocycles. The zero-order valence-electron chi connectivity index (χ0n) is 13.6. The fourth-order valence-corrected chi connectivity index (χ4v) is 3.20. The molecule has 5 nitrogen and oxygen atoms in total. The lowest BCUT2D eigenvalue weighted by Crippen LogP contribution is -2.35. The molecule has 24 heavy (non-hydrogen) atoms. The first kappa shape index (κ1) is 16.8. The Morgan fingerprint density at radius 3 is 2.62 bits per heavy atom. The van der Waals surface area contributed by atoms with Gasteiger partial charge in [0.05, 0.1) is 5.02 Å². The summed E-state index contributed by atoms with van der Waals surface area (Å²) in [6.07, 6.45) is 4.40. The van der Waals surface area contributed by atoms with Gasteiger partial charge in [0.25, 0.3) is 5.91 Å². The van der Waals surface area contributed by atoms with Crippen LogP contribution in [0, 0.1) is 6.92 Å². The maximum Gasteiger partial charge on any atom is 0.336 e. The van der Waals surface area contributed by atoms with Crippen molar-refractivity contribution in [3.05, 3.63) is 39.2 Å². The van der Waals surface area contributed by atoms with Gasteiger partial charge in [-0.25, -0.2) is 4.79 Å². The van der Waals surface area contributed by atoms with Crippen LogP contribution in [0.1, 0.15) is 31.2 Å². The van der Waals surface area contributed by atoms with Gasteiger partial charge < -0.3 is 14.1 Å². The number of carbonyl (C=O) groups excluding carboxylic acids is 1. The predicted octanol–water partition coefficient (Wildman–Crippen LogP) is 3.54. The van der Waals surface area contributed by atoms with E-state index in [2.05, 4.69) is 0 Å². The molecular formula is C18H20ClNO4. The third-order valence-corrected chi connectivity index (χ3v) is 4.61. The summed E-state index contributed by atoms with van der Waals surface area (Å²) in [5, 5.41) is 1.15. The minimum atomic E-state index is -0.422. The third kappa shape index (κ3) is 3.73. The largest absolute Gasteiger partial charge is 0.482 e. The maximum absolute atomic E-state index is 12.3. The van der Waals surface area contributed by atoms with Crippen LogP contribution in [-0.4, -0.2) is 30.5 Å². The number of aryl methyl sites for hydroxylation is 1. The predicted molar refractivity (Wildman–Crippen MR) is 92.8 cm³/mol. The van der Waals surface area contributed by atoms with Gasteiger partial charge in [-0.05, 0) is 31.4 Å². The van der Waals surface area contributed by atoms with E-state index in [1.54, 1.807) is 12.1 Å². The summed E-state index contributed by atoms with van der Waals surface area (Å²) in [7, 11) is 0. The Morgan fingerprint density at radius 2 is 1.92 bits per heavy atom. The first-order valence-electron chi connectivity index (χ1n) is 8.19. The number of likely N-dealkylation sites (tertiary alicyclic amines) is 1. The van der Waals surface area contributed by atoms with Gasteiger partial charge >= 0.3 is 5.63 Å². The van der Waals surface area contributed by atoms with E-state index in [1.807, 2.05) is 11.8 Å². The van der Waals surface area contributed by atoms with Crippen LogP contribution < -0.4 is 10.4 Å². The zero-order valence-corrected chi connectivity index (χ0v) is 14.4. The van der Waals surface area contributed by atoms with Gasteiger partial charge in [0.1, 0.15) is 11.3 Å². The topological polar surface area (TPSA) is 59.8 Å². The highest BCUT2D eigenvalue weighted by Gasteiger charge is 2.17. The standard InChI is InChI=1S/C18H20ClNO4/c1-12-8-18(22)24-15-10-16(14(19)9-13(12)15)23-11-17(21)20-6-4-2-3-5-7-20/h8-10H,2-7,11H2,1H3. The molecule has 3 rings (SSSR count). The Morgan fingerprint density at radius 1 is 1.21 bits per heavy atom. The molecule has 2 aromatic rings. The van der Waals surface area contributed by atoms with Crippen molar-refractivity contribution >= 4 is 28.5 Å². The molecule has 0 bridgehead atoms. The average Bonchev–Trinajstić information content (AvgIpc) is 2.83. The van der Waals surface area contributed by atoms with Crippen LogP contribution in [-0.2, 0) is 4.79 Å². The minimum absolute atomic E-state index is 0.0428. The fraction of sp³-hybridized carbons (Fsp3) is 0.444. The molecule has 0 saturated carbocycles. The number of rotatable bonds is 3. The van der Waals surface area contributed by atoms with Gasteiger partial charge in [-0.2, -0.15) is 0 Å². The molecule has 0 atom stereocenters. The van der Waals surface area contributed by atoms with Crippen molar-refractivity contribution in [2.45, 2.75) is 32.6 Å². The smallest absolute Gasteiger partial charge is 0.336 e. The summed E-state index contributed by atoms with van der Waals surface area (Å²) in [5.74, 6) is 0.305. The highest BCUT2D eigenvalue weighted by molar-refractivity contribution is 6.32. The number of hydrogen-bond donors (Lipinski definition) is 0. The van der Waals surface area contributed by atoms with Gasteiger partial charge in [0.2, 0.25) is 0 Å². The van der Waals surface area contributed by atoms with Crippen molar-refractivity contribution in [1.29, 1.82) is 0 Å². The lowest BCUT2D eigenvalue weighted by molar-refractivity contribution is -0.133. The third-order valence-electron chi connectivity index (χ3n) is 4.31. The van der Waals surface area contributed by atoms with E-state index < -0.39 is 5.63 Å². The molecule has 1 fully saturated rings. The quantitative estimate of drug-likeness (QED) is 0.795. The molecule has 0 spiro atoms. The molecule has 0 radical (unpaired) electrons. The van der Waals surface area contributed by atoms with Gasteiger partial charge in [-0.1, -0.05) is 24.4 Å². The van der Waals surface area contributed by atoms with Crippen LogP contribution in [0.4, 0.5) is 0 Å². The van der Waals surface area contributed by atoms with Gasteiger partial charge in [-0.3, -0.25) is 4.79 Å². The van der Waals surface area contributed by atoms with Crippen LogP contribution >= 0.6 is 11.6 Å². The second kappa shape index (κ2) is 7.26. The lowest BCUT2D eigenvalue weighted by atomic mass is 10.1. The van der Waals surface area contributed by atoms with Crippen molar-refractivity contribution in [2.24, 2.45) is 0 Å². The van der Waals surface area contributed by atoms with E-state index in [4.69, 9.17) is 20.8 Å². The maximum atomic E-state index is 12.3. The first-order chi connectivity index (χ1) is 11.5. The number of carbonyl (C=O) groups is 1. The van der Waals surface area contributed by atoms with Crippen LogP contribution in [0.2, 0.25) is 5.02 Å². The minimum Gasteiger partial charge on any atom is -0.482 e. The Kier molecular flexibility index (Phi) is 5.09. The van der Waals surface area contributed by atoms with Crippen LogP contribution in [0.15, 0.2) is 27.4 Å². The highest BCUT2D eigenvalue weighted by Crippen LogP contribution is 2.31. The first-order valence-corrected chi connectivity index (χ1v) is 8.57. The lowest BCUT2D eigenvalue weighted by Gasteiger charge is -2.20. The SMILES string of the molecule is Cc1cc(=O)oc2cc(OCC(=O)N3CCCCCC3)c(Cl)cc12. The summed E-state index contributed by atoms with van der Waals surface area (Å²) >= 11 is 6.24. The normalized spacial score (nSPS) is 15.3. The Hall–Kier alpha value is -2.01. The Labute approximate surface area is 145 Å². The van der Waals surface area contributed by atoms with Crippen molar-refractivity contribution in [3.63, 3.8) is 0 Å². The van der Waals surface area contributed by atoms with Gasteiger partial charge in [0, 0.05) is 30.6 Å². The summed E-state index contributed by atoms with van der Waals surface area (Å²) in [6, 6.07) is 4.69. The molecule has 1 aromatic heterocycles. The number of amides is 1. The molecule has 128 valence electrons.